The fraction of sp³-hybridized carbons (Fsp3) is 0.375. The van der Waals surface area contributed by atoms with Crippen molar-refractivity contribution in [3.05, 3.63) is 35.5 Å². The second-order valence-electron chi connectivity index (χ2n) is 5.62. The van der Waals surface area contributed by atoms with Crippen molar-refractivity contribution in [3.8, 4) is 0 Å². The van der Waals surface area contributed by atoms with Crippen LogP contribution >= 0.6 is 11.8 Å². The van der Waals surface area contributed by atoms with Crippen LogP contribution in [0.4, 0.5) is 0 Å². The number of aliphatic carboxylic acids is 1. The number of carboxylic acid groups (broad SMARTS) is 2. The molecule has 0 amide bonds. The fourth-order valence-electron chi connectivity index (χ4n) is 3.09. The maximum Gasteiger partial charge on any atom is 0.335 e. The van der Waals surface area contributed by atoms with Crippen LogP contribution in [0.5, 0.6) is 0 Å². The van der Waals surface area contributed by atoms with Crippen LogP contribution in [-0.4, -0.2) is 56.2 Å². The highest BCUT2D eigenvalue weighted by atomic mass is 32.2. The van der Waals surface area contributed by atoms with Gasteiger partial charge in [-0.3, -0.25) is 9.69 Å². The second kappa shape index (κ2) is 6.25. The summed E-state index contributed by atoms with van der Waals surface area (Å²) in [6, 6.07) is 4.13. The van der Waals surface area contributed by atoms with E-state index in [1.807, 2.05) is 23.7 Å². The normalized spacial score (nSPS) is 17.3. The van der Waals surface area contributed by atoms with E-state index in [-0.39, 0.29) is 5.56 Å². The van der Waals surface area contributed by atoms with Gasteiger partial charge in [-0.15, -0.1) is 0 Å². The van der Waals surface area contributed by atoms with Crippen LogP contribution in [0.3, 0.4) is 0 Å². The molecule has 122 valence electrons. The first-order valence-corrected chi connectivity index (χ1v) is 8.51. The Kier molecular flexibility index (Phi) is 4.32. The van der Waals surface area contributed by atoms with Gasteiger partial charge in [-0.1, -0.05) is 6.07 Å². The minimum Gasteiger partial charge on any atom is -0.480 e. The van der Waals surface area contributed by atoms with Crippen molar-refractivity contribution >= 4 is 34.6 Å². The first-order chi connectivity index (χ1) is 11.0. The highest BCUT2D eigenvalue weighted by Crippen LogP contribution is 2.32. The van der Waals surface area contributed by atoms with Crippen molar-refractivity contribution in [3.63, 3.8) is 0 Å². The highest BCUT2D eigenvalue weighted by molar-refractivity contribution is 7.99. The van der Waals surface area contributed by atoms with Crippen molar-refractivity contribution in [1.82, 2.24) is 9.47 Å². The summed E-state index contributed by atoms with van der Waals surface area (Å²) in [6.07, 6.45) is 1.80. The van der Waals surface area contributed by atoms with Crippen LogP contribution in [0.1, 0.15) is 22.0 Å². The monoisotopic (exact) mass is 334 g/mol. The van der Waals surface area contributed by atoms with Gasteiger partial charge in [0.2, 0.25) is 0 Å². The van der Waals surface area contributed by atoms with Crippen LogP contribution < -0.4 is 0 Å². The van der Waals surface area contributed by atoms with E-state index >= 15 is 0 Å². The zero-order chi connectivity index (χ0) is 16.6. The standard InChI is InChI=1S/C16H18N2O4S/c1-17-9-12(11-3-2-10(15(19)20)8-13(11)17)14(16(21)22)18-4-6-23-7-5-18/h2-3,8-9,14H,4-7H2,1H3,(H,19,20)(H,21,22). The molecule has 2 N–H and O–H groups in total. The lowest BCUT2D eigenvalue weighted by molar-refractivity contribution is -0.143. The van der Waals surface area contributed by atoms with Crippen LogP contribution in [0.25, 0.3) is 10.9 Å². The lowest BCUT2D eigenvalue weighted by Gasteiger charge is -2.31. The number of thioether (sulfide) groups is 1. The summed E-state index contributed by atoms with van der Waals surface area (Å²) in [5.41, 5.74) is 1.66. The van der Waals surface area contributed by atoms with Gasteiger partial charge in [-0.05, 0) is 12.1 Å². The molecule has 6 nitrogen and oxygen atoms in total. The van der Waals surface area contributed by atoms with Crippen LogP contribution in [-0.2, 0) is 11.8 Å². The lowest BCUT2D eigenvalue weighted by atomic mass is 10.0. The van der Waals surface area contributed by atoms with Crippen molar-refractivity contribution in [2.45, 2.75) is 6.04 Å². The van der Waals surface area contributed by atoms with E-state index in [4.69, 9.17) is 5.11 Å². The first-order valence-electron chi connectivity index (χ1n) is 7.36. The van der Waals surface area contributed by atoms with Gasteiger partial charge in [-0.25, -0.2) is 4.79 Å². The summed E-state index contributed by atoms with van der Waals surface area (Å²) in [5, 5.41) is 19.7. The van der Waals surface area contributed by atoms with Crippen LogP contribution in [0, 0.1) is 0 Å². The number of hydrogen-bond donors (Lipinski definition) is 2. The van der Waals surface area contributed by atoms with Crippen molar-refractivity contribution in [1.29, 1.82) is 0 Å². The zero-order valence-electron chi connectivity index (χ0n) is 12.7. The van der Waals surface area contributed by atoms with Crippen molar-refractivity contribution in [2.24, 2.45) is 7.05 Å². The average molecular weight is 334 g/mol. The number of benzene rings is 1. The van der Waals surface area contributed by atoms with Crippen LogP contribution in [0.2, 0.25) is 0 Å². The molecule has 0 bridgehead atoms. The van der Waals surface area contributed by atoms with Gasteiger partial charge >= 0.3 is 11.9 Å². The third-order valence-corrected chi connectivity index (χ3v) is 5.15. The molecule has 3 rings (SSSR count). The van der Waals surface area contributed by atoms with Crippen molar-refractivity contribution in [2.75, 3.05) is 24.6 Å². The molecule has 0 aliphatic carbocycles. The lowest BCUT2D eigenvalue weighted by Crippen LogP contribution is -2.39. The number of rotatable bonds is 4. The van der Waals surface area contributed by atoms with E-state index in [1.54, 1.807) is 22.9 Å². The maximum absolute atomic E-state index is 11.9. The number of aryl methyl sites for hydroxylation is 1. The Morgan fingerprint density at radius 1 is 1.22 bits per heavy atom. The SMILES string of the molecule is Cn1cc(C(C(=O)O)N2CCSCC2)c2ccc(C(=O)O)cc21. The zero-order valence-corrected chi connectivity index (χ0v) is 13.5. The second-order valence-corrected chi connectivity index (χ2v) is 6.85. The Morgan fingerprint density at radius 2 is 1.91 bits per heavy atom. The number of aromatic carboxylic acids is 1. The number of aromatic nitrogens is 1. The Bertz CT molecular complexity index is 765. The summed E-state index contributed by atoms with van der Waals surface area (Å²) >= 11 is 1.83. The Hall–Kier alpha value is -1.99. The van der Waals surface area contributed by atoms with Gasteiger partial charge in [0, 0.05) is 54.3 Å². The molecule has 2 heterocycles. The quantitative estimate of drug-likeness (QED) is 0.890. The van der Waals surface area contributed by atoms with Gasteiger partial charge < -0.3 is 14.8 Å². The topological polar surface area (TPSA) is 82.8 Å². The molecule has 0 spiro atoms. The Balaban J connectivity index is 2.09. The number of nitrogens with zero attached hydrogens (tertiary/aromatic N) is 2. The number of hydrogen-bond acceptors (Lipinski definition) is 4. The number of carbonyl (C=O) groups is 2. The van der Waals surface area contributed by atoms with E-state index < -0.39 is 18.0 Å². The summed E-state index contributed by atoms with van der Waals surface area (Å²) in [5.74, 6) is -0.000657. The van der Waals surface area contributed by atoms with Gasteiger partial charge in [0.25, 0.3) is 0 Å². The first kappa shape index (κ1) is 15.9. The summed E-state index contributed by atoms with van der Waals surface area (Å²) in [7, 11) is 1.81. The highest BCUT2D eigenvalue weighted by Gasteiger charge is 2.31. The minimum absolute atomic E-state index is 0.200. The number of fused-ring (bicyclic) bond motifs is 1. The molecule has 2 aromatic rings. The number of carboxylic acids is 2. The smallest absolute Gasteiger partial charge is 0.335 e. The molecule has 1 fully saturated rings. The summed E-state index contributed by atoms with van der Waals surface area (Å²) < 4.78 is 1.80. The predicted octanol–water partition coefficient (Wildman–Crippen LogP) is 2.05. The predicted molar refractivity (Wildman–Crippen MR) is 89.2 cm³/mol. The Labute approximate surface area is 137 Å². The van der Waals surface area contributed by atoms with E-state index in [0.717, 1.165) is 41.1 Å². The van der Waals surface area contributed by atoms with Gasteiger partial charge in [0.1, 0.15) is 6.04 Å². The van der Waals surface area contributed by atoms with Crippen LogP contribution in [0.15, 0.2) is 24.4 Å². The van der Waals surface area contributed by atoms with E-state index in [0.29, 0.717) is 0 Å². The summed E-state index contributed by atoms with van der Waals surface area (Å²) in [6.45, 7) is 1.48. The molecule has 1 aliphatic rings. The molecular weight excluding hydrogens is 316 g/mol. The van der Waals surface area contributed by atoms with Gasteiger partial charge in [0.15, 0.2) is 0 Å². The van der Waals surface area contributed by atoms with Gasteiger partial charge in [-0.2, -0.15) is 11.8 Å². The molecule has 1 aliphatic heterocycles. The van der Waals surface area contributed by atoms with E-state index in [1.165, 1.54) is 6.07 Å². The van der Waals surface area contributed by atoms with E-state index in [2.05, 4.69) is 0 Å². The molecule has 1 unspecified atom stereocenters. The fourth-order valence-corrected chi connectivity index (χ4v) is 4.02. The largest absolute Gasteiger partial charge is 0.480 e. The molecule has 1 aromatic heterocycles. The Morgan fingerprint density at radius 3 is 2.52 bits per heavy atom. The molecule has 0 radical (unpaired) electrons. The van der Waals surface area contributed by atoms with Gasteiger partial charge in [0.05, 0.1) is 5.56 Å². The molecule has 23 heavy (non-hydrogen) atoms. The van der Waals surface area contributed by atoms with Crippen molar-refractivity contribution < 1.29 is 19.8 Å². The third-order valence-electron chi connectivity index (χ3n) is 4.21. The maximum atomic E-state index is 11.9. The molecule has 7 heteroatoms. The average Bonchev–Trinajstić information content (AvgIpc) is 2.85. The molecule has 1 aromatic carbocycles. The summed E-state index contributed by atoms with van der Waals surface area (Å²) in [4.78, 5) is 25.0. The molecule has 0 saturated carbocycles. The van der Waals surface area contributed by atoms with E-state index in [9.17, 15) is 14.7 Å². The third kappa shape index (κ3) is 2.94. The minimum atomic E-state index is -0.988. The molecular formula is C16H18N2O4S. The molecule has 1 atom stereocenters. The molecule has 1 saturated heterocycles.